The molecule has 3 nitrogen and oxygen atoms in total. The summed E-state index contributed by atoms with van der Waals surface area (Å²) < 4.78 is 5.33. The maximum Gasteiger partial charge on any atom is 0.0615 e. The number of aliphatic hydroxyl groups is 1. The highest BCUT2D eigenvalue weighted by atomic mass is 16.5. The predicted octanol–water partition coefficient (Wildman–Crippen LogP) is 1.55. The molecule has 15 heavy (non-hydrogen) atoms. The molecule has 1 rings (SSSR count). The molecule has 0 aromatic carbocycles. The average molecular weight is 215 g/mol. The van der Waals surface area contributed by atoms with Crippen LogP contribution in [0.15, 0.2) is 0 Å². The predicted molar refractivity (Wildman–Crippen MR) is 61.9 cm³/mol. The zero-order valence-corrected chi connectivity index (χ0v) is 10.1. The van der Waals surface area contributed by atoms with Crippen molar-refractivity contribution in [1.29, 1.82) is 0 Å². The summed E-state index contributed by atoms with van der Waals surface area (Å²) in [5.74, 6) is 0.696. The minimum Gasteiger partial charge on any atom is -0.394 e. The van der Waals surface area contributed by atoms with Gasteiger partial charge >= 0.3 is 0 Å². The molecule has 1 aliphatic heterocycles. The molecule has 1 aliphatic rings. The van der Waals surface area contributed by atoms with Crippen LogP contribution in [0.2, 0.25) is 0 Å². The van der Waals surface area contributed by atoms with Crippen LogP contribution in [0.1, 0.15) is 39.5 Å². The van der Waals surface area contributed by atoms with E-state index >= 15 is 0 Å². The standard InChI is InChI=1S/C12H25NO2/c1-3-4-11(2)9-13-12(10-14)5-7-15-8-6-12/h11,13-14H,3-10H2,1-2H3. The van der Waals surface area contributed by atoms with Gasteiger partial charge in [-0.2, -0.15) is 0 Å². The normalized spacial score (nSPS) is 22.6. The lowest BCUT2D eigenvalue weighted by Gasteiger charge is -2.37. The Labute approximate surface area is 93.2 Å². The average Bonchev–Trinajstić information content (AvgIpc) is 2.28. The van der Waals surface area contributed by atoms with Gasteiger partial charge < -0.3 is 15.2 Å². The molecule has 0 saturated carbocycles. The molecule has 0 aliphatic carbocycles. The first-order chi connectivity index (χ1) is 7.22. The molecule has 0 radical (unpaired) electrons. The van der Waals surface area contributed by atoms with Gasteiger partial charge in [-0.05, 0) is 31.7 Å². The van der Waals surface area contributed by atoms with Crippen molar-refractivity contribution in [2.24, 2.45) is 5.92 Å². The number of nitrogens with one attached hydrogen (secondary N) is 1. The van der Waals surface area contributed by atoms with E-state index in [-0.39, 0.29) is 12.1 Å². The summed E-state index contributed by atoms with van der Waals surface area (Å²) >= 11 is 0. The van der Waals surface area contributed by atoms with Crippen molar-refractivity contribution in [2.75, 3.05) is 26.4 Å². The van der Waals surface area contributed by atoms with Crippen LogP contribution < -0.4 is 5.32 Å². The molecule has 0 spiro atoms. The quantitative estimate of drug-likeness (QED) is 0.706. The van der Waals surface area contributed by atoms with Gasteiger partial charge in [-0.3, -0.25) is 0 Å². The lowest BCUT2D eigenvalue weighted by Crippen LogP contribution is -2.53. The molecule has 0 amide bonds. The van der Waals surface area contributed by atoms with Gasteiger partial charge in [0.2, 0.25) is 0 Å². The Bertz CT molecular complexity index is 167. The first-order valence-corrected chi connectivity index (χ1v) is 6.16. The summed E-state index contributed by atoms with van der Waals surface area (Å²) in [5, 5.41) is 13.0. The van der Waals surface area contributed by atoms with Crippen LogP contribution >= 0.6 is 0 Å². The maximum atomic E-state index is 9.47. The van der Waals surface area contributed by atoms with E-state index in [1.165, 1.54) is 12.8 Å². The van der Waals surface area contributed by atoms with Crippen molar-refractivity contribution < 1.29 is 9.84 Å². The zero-order chi connectivity index (χ0) is 11.1. The second-order valence-electron chi connectivity index (χ2n) is 4.83. The van der Waals surface area contributed by atoms with Crippen molar-refractivity contribution in [1.82, 2.24) is 5.32 Å². The van der Waals surface area contributed by atoms with Crippen molar-refractivity contribution >= 4 is 0 Å². The first-order valence-electron chi connectivity index (χ1n) is 6.16. The minimum atomic E-state index is -0.0692. The fourth-order valence-corrected chi connectivity index (χ4v) is 2.14. The van der Waals surface area contributed by atoms with Gasteiger partial charge in [0.15, 0.2) is 0 Å². The van der Waals surface area contributed by atoms with Crippen LogP contribution in [0.4, 0.5) is 0 Å². The van der Waals surface area contributed by atoms with Gasteiger partial charge in [0.1, 0.15) is 0 Å². The van der Waals surface area contributed by atoms with Crippen molar-refractivity contribution in [3.05, 3.63) is 0 Å². The molecule has 1 fully saturated rings. The minimum absolute atomic E-state index is 0.0692. The van der Waals surface area contributed by atoms with Crippen LogP contribution in [0.5, 0.6) is 0 Å². The van der Waals surface area contributed by atoms with E-state index in [9.17, 15) is 5.11 Å². The molecule has 90 valence electrons. The molecular weight excluding hydrogens is 190 g/mol. The molecule has 2 N–H and O–H groups in total. The number of aliphatic hydroxyl groups excluding tert-OH is 1. The van der Waals surface area contributed by atoms with E-state index in [4.69, 9.17) is 4.74 Å². The van der Waals surface area contributed by atoms with E-state index < -0.39 is 0 Å². The number of hydrogen-bond donors (Lipinski definition) is 2. The smallest absolute Gasteiger partial charge is 0.0615 e. The third kappa shape index (κ3) is 4.09. The van der Waals surface area contributed by atoms with E-state index in [2.05, 4.69) is 19.2 Å². The molecule has 0 aromatic rings. The number of hydrogen-bond acceptors (Lipinski definition) is 3. The van der Waals surface area contributed by atoms with Gasteiger partial charge in [-0.25, -0.2) is 0 Å². The van der Waals surface area contributed by atoms with Gasteiger partial charge in [-0.1, -0.05) is 20.3 Å². The van der Waals surface area contributed by atoms with Crippen LogP contribution in [0.3, 0.4) is 0 Å². The highest BCUT2D eigenvalue weighted by Gasteiger charge is 2.31. The lowest BCUT2D eigenvalue weighted by atomic mass is 9.90. The number of ether oxygens (including phenoxy) is 1. The summed E-state index contributed by atoms with van der Waals surface area (Å²) in [5.41, 5.74) is -0.0692. The molecule has 0 aromatic heterocycles. The van der Waals surface area contributed by atoms with E-state index in [1.807, 2.05) is 0 Å². The van der Waals surface area contributed by atoms with E-state index in [1.54, 1.807) is 0 Å². The summed E-state index contributed by atoms with van der Waals surface area (Å²) in [7, 11) is 0. The van der Waals surface area contributed by atoms with E-state index in [0.29, 0.717) is 5.92 Å². The van der Waals surface area contributed by atoms with E-state index in [0.717, 1.165) is 32.6 Å². The monoisotopic (exact) mass is 215 g/mol. The van der Waals surface area contributed by atoms with Gasteiger partial charge in [0, 0.05) is 18.8 Å². The Morgan fingerprint density at radius 1 is 1.40 bits per heavy atom. The zero-order valence-electron chi connectivity index (χ0n) is 10.1. The largest absolute Gasteiger partial charge is 0.394 e. The fourth-order valence-electron chi connectivity index (χ4n) is 2.14. The lowest BCUT2D eigenvalue weighted by molar-refractivity contribution is 0.0105. The molecule has 1 atom stereocenters. The van der Waals surface area contributed by atoms with Crippen LogP contribution in [0, 0.1) is 5.92 Å². The Morgan fingerprint density at radius 3 is 2.60 bits per heavy atom. The summed E-state index contributed by atoms with van der Waals surface area (Å²) in [6, 6.07) is 0. The molecule has 1 heterocycles. The van der Waals surface area contributed by atoms with Crippen molar-refractivity contribution in [3.63, 3.8) is 0 Å². The molecule has 1 unspecified atom stereocenters. The third-order valence-electron chi connectivity index (χ3n) is 3.36. The number of rotatable bonds is 6. The molecule has 3 heteroatoms. The maximum absolute atomic E-state index is 9.47. The van der Waals surface area contributed by atoms with Crippen LogP contribution in [0.25, 0.3) is 0 Å². The van der Waals surface area contributed by atoms with Crippen molar-refractivity contribution in [2.45, 2.75) is 45.1 Å². The summed E-state index contributed by atoms with van der Waals surface area (Å²) in [6.07, 6.45) is 4.35. The first kappa shape index (κ1) is 12.9. The highest BCUT2D eigenvalue weighted by molar-refractivity contribution is 4.89. The molecule has 1 saturated heterocycles. The molecular formula is C12H25NO2. The van der Waals surface area contributed by atoms with Crippen LogP contribution in [-0.4, -0.2) is 37.0 Å². The Kier molecular flexibility index (Phi) is 5.58. The summed E-state index contributed by atoms with van der Waals surface area (Å²) in [4.78, 5) is 0. The fraction of sp³-hybridized carbons (Fsp3) is 1.00. The van der Waals surface area contributed by atoms with Gasteiger partial charge in [-0.15, -0.1) is 0 Å². The highest BCUT2D eigenvalue weighted by Crippen LogP contribution is 2.20. The topological polar surface area (TPSA) is 41.5 Å². The second kappa shape index (κ2) is 6.46. The third-order valence-corrected chi connectivity index (χ3v) is 3.36. The SMILES string of the molecule is CCCC(C)CNC1(CO)CCOCC1. The Balaban J connectivity index is 2.32. The van der Waals surface area contributed by atoms with Crippen molar-refractivity contribution in [3.8, 4) is 0 Å². The summed E-state index contributed by atoms with van der Waals surface area (Å²) in [6.45, 7) is 7.27. The van der Waals surface area contributed by atoms with Gasteiger partial charge in [0.05, 0.1) is 6.61 Å². The van der Waals surface area contributed by atoms with Crippen LogP contribution in [-0.2, 0) is 4.74 Å². The second-order valence-corrected chi connectivity index (χ2v) is 4.83. The Hall–Kier alpha value is -0.120. The van der Waals surface area contributed by atoms with Gasteiger partial charge in [0.25, 0.3) is 0 Å². The Morgan fingerprint density at radius 2 is 2.07 bits per heavy atom. The molecule has 0 bridgehead atoms.